The molecule has 180 valence electrons. The number of nitrogens with one attached hydrogen (secondary N) is 2. The lowest BCUT2D eigenvalue weighted by atomic mass is 9.98. The number of benzene rings is 3. The number of carboxylic acids is 1. The fraction of sp³-hybridized carbons (Fsp3) is 0.222. The van der Waals surface area contributed by atoms with Crippen molar-refractivity contribution in [1.82, 2.24) is 5.32 Å². The second kappa shape index (κ2) is 10.9. The summed E-state index contributed by atoms with van der Waals surface area (Å²) in [5.41, 5.74) is 5.85. The number of alkyl carbamates (subject to hydrolysis) is 1. The highest BCUT2D eigenvalue weighted by atomic mass is 127. The summed E-state index contributed by atoms with van der Waals surface area (Å²) in [4.78, 5) is 36.8. The molecule has 0 spiro atoms. The van der Waals surface area contributed by atoms with Crippen molar-refractivity contribution in [2.45, 2.75) is 31.7 Å². The Hall–Kier alpha value is -3.40. The van der Waals surface area contributed by atoms with Gasteiger partial charge in [0, 0.05) is 21.6 Å². The number of carbonyl (C=O) groups excluding carboxylic acids is 2. The number of carboxylic acid groups (broad SMARTS) is 1. The smallest absolute Gasteiger partial charge is 0.407 e. The van der Waals surface area contributed by atoms with E-state index in [0.29, 0.717) is 5.69 Å². The predicted octanol–water partition coefficient (Wildman–Crippen LogP) is 5.31. The first-order chi connectivity index (χ1) is 16.8. The van der Waals surface area contributed by atoms with Crippen LogP contribution in [0.15, 0.2) is 66.7 Å². The average molecular weight is 584 g/mol. The van der Waals surface area contributed by atoms with Crippen LogP contribution >= 0.6 is 22.6 Å². The van der Waals surface area contributed by atoms with Gasteiger partial charge in [0.15, 0.2) is 0 Å². The Morgan fingerprint density at radius 2 is 1.63 bits per heavy atom. The molecule has 3 aromatic rings. The van der Waals surface area contributed by atoms with Gasteiger partial charge >= 0.3 is 12.1 Å². The first-order valence-corrected chi connectivity index (χ1v) is 12.3. The van der Waals surface area contributed by atoms with E-state index < -0.39 is 24.0 Å². The number of halogens is 1. The first kappa shape index (κ1) is 24.7. The SMILES string of the molecule is Cc1ccc(I)cc1NC(=O)C(CCC(=O)O)NC(=O)OCC1c2ccccc2-c2ccccc21. The van der Waals surface area contributed by atoms with Crippen molar-refractivity contribution >= 4 is 46.2 Å². The molecule has 0 fully saturated rings. The molecular weight excluding hydrogens is 559 g/mol. The molecule has 3 aromatic carbocycles. The Balaban J connectivity index is 1.44. The molecule has 0 aromatic heterocycles. The molecule has 1 aliphatic rings. The lowest BCUT2D eigenvalue weighted by Crippen LogP contribution is -2.44. The third-order valence-corrected chi connectivity index (χ3v) is 6.73. The second-order valence-corrected chi connectivity index (χ2v) is 9.65. The third-order valence-electron chi connectivity index (χ3n) is 6.06. The zero-order valence-electron chi connectivity index (χ0n) is 19.1. The van der Waals surface area contributed by atoms with Gasteiger partial charge in [0.25, 0.3) is 0 Å². The van der Waals surface area contributed by atoms with E-state index in [9.17, 15) is 14.4 Å². The topological polar surface area (TPSA) is 105 Å². The minimum absolute atomic E-state index is 0.0612. The predicted molar refractivity (Wildman–Crippen MR) is 141 cm³/mol. The molecule has 0 radical (unpaired) electrons. The zero-order valence-corrected chi connectivity index (χ0v) is 21.2. The molecular formula is C27H25IN2O5. The highest BCUT2D eigenvalue weighted by molar-refractivity contribution is 14.1. The number of hydrogen-bond donors (Lipinski definition) is 3. The molecule has 8 heteroatoms. The van der Waals surface area contributed by atoms with Crippen LogP contribution in [0.1, 0.15) is 35.4 Å². The molecule has 3 N–H and O–H groups in total. The lowest BCUT2D eigenvalue weighted by molar-refractivity contribution is -0.137. The number of rotatable bonds is 8. The van der Waals surface area contributed by atoms with Gasteiger partial charge in [-0.3, -0.25) is 9.59 Å². The van der Waals surface area contributed by atoms with Gasteiger partial charge in [-0.15, -0.1) is 0 Å². The zero-order chi connectivity index (χ0) is 24.9. The van der Waals surface area contributed by atoms with E-state index in [-0.39, 0.29) is 25.4 Å². The van der Waals surface area contributed by atoms with Crippen molar-refractivity contribution in [3.63, 3.8) is 0 Å². The van der Waals surface area contributed by atoms with E-state index in [1.165, 1.54) is 0 Å². The van der Waals surface area contributed by atoms with Crippen LogP contribution in [0, 0.1) is 10.5 Å². The maximum atomic E-state index is 12.9. The van der Waals surface area contributed by atoms with E-state index in [2.05, 4.69) is 33.2 Å². The summed E-state index contributed by atoms with van der Waals surface area (Å²) in [5, 5.41) is 14.5. The molecule has 2 amide bonds. The fourth-order valence-corrected chi connectivity index (χ4v) is 4.76. The quantitative estimate of drug-likeness (QED) is 0.312. The molecule has 35 heavy (non-hydrogen) atoms. The monoisotopic (exact) mass is 584 g/mol. The Bertz CT molecular complexity index is 1230. The minimum atomic E-state index is -1.06. The number of fused-ring (bicyclic) bond motifs is 3. The lowest BCUT2D eigenvalue weighted by Gasteiger charge is -2.20. The highest BCUT2D eigenvalue weighted by Crippen LogP contribution is 2.44. The minimum Gasteiger partial charge on any atom is -0.481 e. The number of anilines is 1. The fourth-order valence-electron chi connectivity index (χ4n) is 4.27. The van der Waals surface area contributed by atoms with Gasteiger partial charge < -0.3 is 20.5 Å². The van der Waals surface area contributed by atoms with Gasteiger partial charge in [-0.05, 0) is 75.9 Å². The van der Waals surface area contributed by atoms with Gasteiger partial charge in [0.2, 0.25) is 5.91 Å². The number of aryl methyl sites for hydroxylation is 1. The van der Waals surface area contributed by atoms with E-state index in [0.717, 1.165) is 31.4 Å². The summed E-state index contributed by atoms with van der Waals surface area (Å²) < 4.78 is 6.48. The Labute approximate surface area is 217 Å². The summed E-state index contributed by atoms with van der Waals surface area (Å²) in [6.07, 6.45) is -1.10. The van der Waals surface area contributed by atoms with Crippen molar-refractivity contribution in [1.29, 1.82) is 0 Å². The van der Waals surface area contributed by atoms with Crippen molar-refractivity contribution < 1.29 is 24.2 Å². The van der Waals surface area contributed by atoms with Crippen LogP contribution in [0.5, 0.6) is 0 Å². The number of ether oxygens (including phenoxy) is 1. The second-order valence-electron chi connectivity index (χ2n) is 8.40. The normalized spacial score (nSPS) is 12.9. The van der Waals surface area contributed by atoms with Crippen LogP contribution in [0.3, 0.4) is 0 Å². The van der Waals surface area contributed by atoms with Crippen molar-refractivity contribution in [2.75, 3.05) is 11.9 Å². The van der Waals surface area contributed by atoms with Crippen LogP contribution in [0.2, 0.25) is 0 Å². The third kappa shape index (κ3) is 5.82. The average Bonchev–Trinajstić information content (AvgIpc) is 3.16. The Morgan fingerprint density at radius 1 is 1.00 bits per heavy atom. The van der Waals surface area contributed by atoms with E-state index in [1.807, 2.05) is 73.7 Å². The molecule has 0 bridgehead atoms. The number of hydrogen-bond acceptors (Lipinski definition) is 4. The van der Waals surface area contributed by atoms with Crippen molar-refractivity contribution in [3.8, 4) is 11.1 Å². The maximum absolute atomic E-state index is 12.9. The van der Waals surface area contributed by atoms with E-state index in [4.69, 9.17) is 9.84 Å². The molecule has 1 unspecified atom stereocenters. The van der Waals surface area contributed by atoms with E-state index >= 15 is 0 Å². The van der Waals surface area contributed by atoms with Gasteiger partial charge in [0.05, 0.1) is 0 Å². The number of aliphatic carboxylic acids is 1. The van der Waals surface area contributed by atoms with Gasteiger partial charge in [-0.1, -0.05) is 54.6 Å². The molecule has 7 nitrogen and oxygen atoms in total. The largest absolute Gasteiger partial charge is 0.481 e. The molecule has 0 heterocycles. The van der Waals surface area contributed by atoms with Crippen molar-refractivity contribution in [3.05, 3.63) is 87.0 Å². The standard InChI is InChI=1S/C27H25IN2O5/c1-16-10-11-17(28)14-24(16)29-26(33)23(12-13-25(31)32)30-27(34)35-15-22-20-8-4-2-6-18(20)19-7-3-5-9-21(19)22/h2-11,14,22-23H,12-13,15H2,1H3,(H,29,33)(H,30,34)(H,31,32). The summed E-state index contributed by atoms with van der Waals surface area (Å²) >= 11 is 2.14. The number of carbonyl (C=O) groups is 3. The summed E-state index contributed by atoms with van der Waals surface area (Å²) in [5.74, 6) is -1.67. The molecule has 1 atom stereocenters. The maximum Gasteiger partial charge on any atom is 0.407 e. The first-order valence-electron chi connectivity index (χ1n) is 11.2. The molecule has 0 aliphatic heterocycles. The van der Waals surface area contributed by atoms with Gasteiger partial charge in [-0.2, -0.15) is 0 Å². The van der Waals surface area contributed by atoms with Crippen LogP contribution < -0.4 is 10.6 Å². The molecule has 0 saturated heterocycles. The van der Waals surface area contributed by atoms with Crippen LogP contribution in [0.25, 0.3) is 11.1 Å². The van der Waals surface area contributed by atoms with E-state index in [1.54, 1.807) is 0 Å². The summed E-state index contributed by atoms with van der Waals surface area (Å²) in [6.45, 7) is 1.96. The molecule has 4 rings (SSSR count). The van der Waals surface area contributed by atoms with Gasteiger partial charge in [0.1, 0.15) is 12.6 Å². The van der Waals surface area contributed by atoms with Crippen LogP contribution in [-0.2, 0) is 14.3 Å². The summed E-state index contributed by atoms with van der Waals surface area (Å²) in [6, 6.07) is 20.6. The molecule has 1 aliphatic carbocycles. The van der Waals surface area contributed by atoms with Crippen molar-refractivity contribution in [2.24, 2.45) is 0 Å². The van der Waals surface area contributed by atoms with Crippen LogP contribution in [-0.4, -0.2) is 35.7 Å². The Kier molecular flexibility index (Phi) is 7.70. The van der Waals surface area contributed by atoms with Crippen LogP contribution in [0.4, 0.5) is 10.5 Å². The Morgan fingerprint density at radius 3 is 2.26 bits per heavy atom. The number of amides is 2. The van der Waals surface area contributed by atoms with Gasteiger partial charge in [-0.25, -0.2) is 4.79 Å². The molecule has 0 saturated carbocycles. The highest BCUT2D eigenvalue weighted by Gasteiger charge is 2.30. The summed E-state index contributed by atoms with van der Waals surface area (Å²) in [7, 11) is 0.